The Hall–Kier alpha value is -2.86. The van der Waals surface area contributed by atoms with E-state index in [9.17, 15) is 4.79 Å². The molecule has 29 heavy (non-hydrogen) atoms. The minimum atomic E-state index is -0.229. The van der Waals surface area contributed by atoms with Gasteiger partial charge in [-0.3, -0.25) is 0 Å². The van der Waals surface area contributed by atoms with Gasteiger partial charge in [-0.25, -0.2) is 0 Å². The van der Waals surface area contributed by atoms with Gasteiger partial charge in [0, 0.05) is 0 Å². The Bertz CT molecular complexity index is 998. The average Bonchev–Trinajstić information content (AvgIpc) is 3.21. The Balaban J connectivity index is 1.56. The molecule has 0 amide bonds. The molecule has 3 heterocycles. The first-order chi connectivity index (χ1) is 14.3. The zero-order chi connectivity index (χ0) is 19.8. The Morgan fingerprint density at radius 2 is 2.14 bits per heavy atom. The largest absolute Gasteiger partial charge is 0.497 e. The first kappa shape index (κ1) is 18.2. The minimum Gasteiger partial charge on any atom is -0.497 e. The molecule has 3 atom stereocenters. The maximum Gasteiger partial charge on any atom is 0.299 e. The summed E-state index contributed by atoms with van der Waals surface area (Å²) in [6.07, 6.45) is 4.82. The molecule has 2 aliphatic heterocycles. The van der Waals surface area contributed by atoms with Crippen molar-refractivity contribution in [1.29, 1.82) is 0 Å². The number of hydrogen-bond acceptors (Lipinski definition) is 6. The lowest BCUT2D eigenvalue weighted by Crippen LogP contribution is -2.54. The van der Waals surface area contributed by atoms with Gasteiger partial charge in [0.15, 0.2) is 5.58 Å². The van der Waals surface area contributed by atoms with Crippen molar-refractivity contribution in [1.82, 2.24) is 10.3 Å². The lowest BCUT2D eigenvalue weighted by molar-refractivity contribution is -0.109. The van der Waals surface area contributed by atoms with Crippen LogP contribution < -0.4 is 15.0 Å². The van der Waals surface area contributed by atoms with Crippen LogP contribution in [0.3, 0.4) is 0 Å². The maximum atomic E-state index is 12.0. The summed E-state index contributed by atoms with van der Waals surface area (Å²) < 4.78 is 11.5. The van der Waals surface area contributed by atoms with Gasteiger partial charge in [0.2, 0.25) is 0 Å². The van der Waals surface area contributed by atoms with Crippen LogP contribution in [0.5, 0.6) is 5.75 Å². The van der Waals surface area contributed by atoms with Crippen LogP contribution in [0.4, 0.5) is 6.01 Å². The summed E-state index contributed by atoms with van der Waals surface area (Å²) in [6, 6.07) is 14.6. The van der Waals surface area contributed by atoms with Crippen LogP contribution in [0.2, 0.25) is 0 Å². The molecule has 3 unspecified atom stereocenters. The number of nitrogens with one attached hydrogen (secondary N) is 1. The molecule has 2 aromatic carbocycles. The zero-order valence-corrected chi connectivity index (χ0v) is 16.5. The second-order valence-corrected chi connectivity index (χ2v) is 7.82. The number of ether oxygens (including phenoxy) is 1. The molecule has 1 N–H and O–H groups in total. The second kappa shape index (κ2) is 7.52. The number of oxazole rings is 1. The molecule has 5 rings (SSSR count). The number of para-hydroxylation sites is 2. The lowest BCUT2D eigenvalue weighted by atomic mass is 9.84. The molecule has 1 saturated heterocycles. The van der Waals surface area contributed by atoms with Crippen molar-refractivity contribution in [3.63, 3.8) is 0 Å². The highest BCUT2D eigenvalue weighted by atomic mass is 16.5. The van der Waals surface area contributed by atoms with E-state index < -0.39 is 0 Å². The van der Waals surface area contributed by atoms with E-state index in [4.69, 9.17) is 14.1 Å². The molecule has 6 nitrogen and oxygen atoms in total. The summed E-state index contributed by atoms with van der Waals surface area (Å²) in [5.74, 6) is 0.884. The van der Waals surface area contributed by atoms with E-state index in [-0.39, 0.29) is 18.1 Å². The normalized spacial score (nSPS) is 24.3. The van der Waals surface area contributed by atoms with Gasteiger partial charge in [0.05, 0.1) is 25.2 Å². The first-order valence-corrected chi connectivity index (χ1v) is 10.3. The molecular formula is C23H25N3O3. The quantitative estimate of drug-likeness (QED) is 0.685. The van der Waals surface area contributed by atoms with Gasteiger partial charge in [-0.1, -0.05) is 18.2 Å². The highest BCUT2D eigenvalue weighted by Crippen LogP contribution is 2.38. The third kappa shape index (κ3) is 3.17. The topological polar surface area (TPSA) is 67.6 Å². The van der Waals surface area contributed by atoms with Crippen LogP contribution in [-0.4, -0.2) is 37.0 Å². The summed E-state index contributed by atoms with van der Waals surface area (Å²) in [5, 5.41) is 3.69. The molecule has 0 saturated carbocycles. The van der Waals surface area contributed by atoms with E-state index in [1.807, 2.05) is 30.3 Å². The van der Waals surface area contributed by atoms with Crippen LogP contribution in [0.1, 0.15) is 36.4 Å². The van der Waals surface area contributed by atoms with Gasteiger partial charge in [-0.2, -0.15) is 4.98 Å². The monoisotopic (exact) mass is 391 g/mol. The predicted octanol–water partition coefficient (Wildman–Crippen LogP) is 3.65. The SMILES string of the molecule is COc1ccc2c(c1)CCNC2C1CCCC(C=O)N1c1nc2ccccc2o1. The van der Waals surface area contributed by atoms with Gasteiger partial charge >= 0.3 is 0 Å². The number of nitrogens with zero attached hydrogens (tertiary/aromatic N) is 2. The number of rotatable bonds is 4. The predicted molar refractivity (Wildman–Crippen MR) is 111 cm³/mol. The van der Waals surface area contributed by atoms with E-state index >= 15 is 0 Å². The Labute approximate surface area is 169 Å². The molecule has 1 fully saturated rings. The molecule has 2 aliphatic rings. The molecule has 0 spiro atoms. The minimum absolute atomic E-state index is 0.0967. The molecular weight excluding hydrogens is 366 g/mol. The highest BCUT2D eigenvalue weighted by molar-refractivity contribution is 5.75. The smallest absolute Gasteiger partial charge is 0.299 e. The molecule has 0 radical (unpaired) electrons. The van der Waals surface area contributed by atoms with E-state index in [0.29, 0.717) is 6.01 Å². The number of piperidine rings is 1. The molecule has 0 aliphatic carbocycles. The highest BCUT2D eigenvalue weighted by Gasteiger charge is 2.40. The Morgan fingerprint density at radius 1 is 1.24 bits per heavy atom. The van der Waals surface area contributed by atoms with Gasteiger partial charge in [-0.15, -0.1) is 0 Å². The molecule has 150 valence electrons. The maximum absolute atomic E-state index is 12.0. The summed E-state index contributed by atoms with van der Waals surface area (Å²) in [6.45, 7) is 0.897. The van der Waals surface area contributed by atoms with Crippen molar-refractivity contribution in [2.24, 2.45) is 0 Å². The second-order valence-electron chi connectivity index (χ2n) is 7.82. The van der Waals surface area contributed by atoms with Gasteiger partial charge in [0.25, 0.3) is 6.01 Å². The third-order valence-electron chi connectivity index (χ3n) is 6.20. The summed E-state index contributed by atoms with van der Waals surface area (Å²) in [7, 11) is 1.70. The molecule has 6 heteroatoms. The zero-order valence-electron chi connectivity index (χ0n) is 16.5. The standard InChI is InChI=1S/C23H25N3O3/c1-28-17-9-10-18-15(13-17)11-12-24-22(18)20-7-4-5-16(14-27)26(20)23-25-19-6-2-3-8-21(19)29-23/h2-3,6,8-10,13-14,16,20,22,24H,4-5,7,11-12H2,1H3. The fourth-order valence-corrected chi connectivity index (χ4v) is 4.82. The number of aldehydes is 1. The Morgan fingerprint density at radius 3 is 2.97 bits per heavy atom. The summed E-state index contributed by atoms with van der Waals surface area (Å²) >= 11 is 0. The van der Waals surface area contributed by atoms with Crippen LogP contribution in [0.15, 0.2) is 46.9 Å². The van der Waals surface area contributed by atoms with E-state index in [0.717, 1.165) is 55.4 Å². The third-order valence-corrected chi connectivity index (χ3v) is 6.20. The summed E-state index contributed by atoms with van der Waals surface area (Å²) in [5.41, 5.74) is 4.14. The fourth-order valence-electron chi connectivity index (χ4n) is 4.82. The van der Waals surface area contributed by atoms with Crippen molar-refractivity contribution in [2.45, 2.75) is 43.8 Å². The van der Waals surface area contributed by atoms with E-state index in [2.05, 4.69) is 22.3 Å². The number of hydrogen-bond donors (Lipinski definition) is 1. The number of carbonyl (C=O) groups excluding carboxylic acids is 1. The number of carbonyl (C=O) groups is 1. The lowest BCUT2D eigenvalue weighted by Gasteiger charge is -2.44. The van der Waals surface area contributed by atoms with Crippen LogP contribution in [-0.2, 0) is 11.2 Å². The number of aromatic nitrogens is 1. The fraction of sp³-hybridized carbons (Fsp3) is 0.391. The van der Waals surface area contributed by atoms with Crippen molar-refractivity contribution < 1.29 is 13.9 Å². The average molecular weight is 391 g/mol. The van der Waals surface area contributed by atoms with Gasteiger partial charge in [-0.05, 0) is 67.6 Å². The molecule has 3 aromatic rings. The molecule has 0 bridgehead atoms. The van der Waals surface area contributed by atoms with Crippen LogP contribution in [0.25, 0.3) is 11.1 Å². The summed E-state index contributed by atoms with van der Waals surface area (Å²) in [4.78, 5) is 18.8. The van der Waals surface area contributed by atoms with Crippen molar-refractivity contribution in [2.75, 3.05) is 18.6 Å². The van der Waals surface area contributed by atoms with E-state index in [1.54, 1.807) is 7.11 Å². The van der Waals surface area contributed by atoms with Crippen molar-refractivity contribution >= 4 is 23.4 Å². The van der Waals surface area contributed by atoms with Crippen LogP contribution >= 0.6 is 0 Å². The van der Waals surface area contributed by atoms with Crippen LogP contribution in [0, 0.1) is 0 Å². The van der Waals surface area contributed by atoms with Gasteiger partial charge < -0.3 is 24.2 Å². The number of benzene rings is 2. The van der Waals surface area contributed by atoms with Crippen molar-refractivity contribution in [3.8, 4) is 5.75 Å². The molecule has 1 aromatic heterocycles. The number of methoxy groups -OCH3 is 1. The Kier molecular flexibility index (Phi) is 4.72. The number of anilines is 1. The number of fused-ring (bicyclic) bond motifs is 2. The first-order valence-electron chi connectivity index (χ1n) is 10.3. The van der Waals surface area contributed by atoms with Gasteiger partial charge in [0.1, 0.15) is 17.6 Å². The van der Waals surface area contributed by atoms with Crippen molar-refractivity contribution in [3.05, 3.63) is 53.6 Å². The van der Waals surface area contributed by atoms with E-state index in [1.165, 1.54) is 11.1 Å².